The molecule has 0 aliphatic carbocycles. The van der Waals surface area contributed by atoms with Crippen LogP contribution >= 0.6 is 15.9 Å². The third kappa shape index (κ3) is 3.47. The lowest BCUT2D eigenvalue weighted by Crippen LogP contribution is -2.13. The number of halogens is 3. The largest absolute Gasteiger partial charge is 0.347 e. The molecule has 0 bridgehead atoms. The van der Waals surface area contributed by atoms with E-state index in [9.17, 15) is 8.78 Å². The van der Waals surface area contributed by atoms with Gasteiger partial charge in [0.15, 0.2) is 0 Å². The van der Waals surface area contributed by atoms with Gasteiger partial charge >= 0.3 is 0 Å². The van der Waals surface area contributed by atoms with Gasteiger partial charge in [-0.3, -0.25) is 0 Å². The fraction of sp³-hybridized carbons (Fsp3) is 0.231. The summed E-state index contributed by atoms with van der Waals surface area (Å²) in [7, 11) is 0. The highest BCUT2D eigenvalue weighted by Crippen LogP contribution is 2.24. The zero-order chi connectivity index (χ0) is 13.8. The van der Waals surface area contributed by atoms with Crippen molar-refractivity contribution in [3.8, 4) is 0 Å². The minimum absolute atomic E-state index is 0.272. The first-order valence-electron chi connectivity index (χ1n) is 5.79. The van der Waals surface area contributed by atoms with Gasteiger partial charge in [0.25, 0.3) is 0 Å². The van der Waals surface area contributed by atoms with Gasteiger partial charge < -0.3 is 5.32 Å². The molecule has 0 amide bonds. The summed E-state index contributed by atoms with van der Waals surface area (Å²) in [5.41, 5.74) is 0.272. The number of nitrogens with one attached hydrogen (secondary N) is 1. The smallest absolute Gasteiger partial charge is 0.223 e. The summed E-state index contributed by atoms with van der Waals surface area (Å²) in [4.78, 5) is 8.12. The molecule has 0 aliphatic heterocycles. The topological polar surface area (TPSA) is 37.8 Å². The number of hydrogen-bond donors (Lipinski definition) is 1. The van der Waals surface area contributed by atoms with E-state index in [-0.39, 0.29) is 11.6 Å². The van der Waals surface area contributed by atoms with E-state index < -0.39 is 11.6 Å². The van der Waals surface area contributed by atoms with Gasteiger partial charge in [0.2, 0.25) is 5.95 Å². The second kappa shape index (κ2) is 6.06. The molecule has 1 aromatic heterocycles. The van der Waals surface area contributed by atoms with Crippen molar-refractivity contribution in [3.05, 3.63) is 52.3 Å². The summed E-state index contributed by atoms with van der Waals surface area (Å²) in [5.74, 6) is -0.537. The van der Waals surface area contributed by atoms with Crippen LogP contribution in [0.15, 0.2) is 35.1 Å². The number of aromatic nitrogens is 2. The highest BCUT2D eigenvalue weighted by molar-refractivity contribution is 9.10. The molecule has 0 saturated carbocycles. The summed E-state index contributed by atoms with van der Waals surface area (Å²) < 4.78 is 27.7. The summed E-state index contributed by atoms with van der Waals surface area (Å²) in [5, 5.41) is 2.99. The van der Waals surface area contributed by atoms with E-state index in [4.69, 9.17) is 0 Å². The van der Waals surface area contributed by atoms with Crippen LogP contribution in [0.4, 0.5) is 14.7 Å². The second-order valence-corrected chi connectivity index (χ2v) is 4.91. The first-order valence-corrected chi connectivity index (χ1v) is 6.58. The van der Waals surface area contributed by atoms with Crippen molar-refractivity contribution in [2.45, 2.75) is 19.4 Å². The maximum atomic E-state index is 13.7. The van der Waals surface area contributed by atoms with Gasteiger partial charge in [-0.2, -0.15) is 0 Å². The molecule has 0 fully saturated rings. The normalized spacial score (nSPS) is 12.2. The quantitative estimate of drug-likeness (QED) is 0.919. The van der Waals surface area contributed by atoms with Gasteiger partial charge in [-0.1, -0.05) is 6.92 Å². The molecule has 1 heterocycles. The van der Waals surface area contributed by atoms with E-state index in [1.54, 1.807) is 12.4 Å². The lowest BCUT2D eigenvalue weighted by Gasteiger charge is -2.18. The predicted octanol–water partition coefficient (Wildman–Crippen LogP) is 4.08. The highest BCUT2D eigenvalue weighted by atomic mass is 79.9. The summed E-state index contributed by atoms with van der Waals surface area (Å²) in [6.07, 6.45) is 3.76. The first-order chi connectivity index (χ1) is 9.10. The fourth-order valence-corrected chi connectivity index (χ4v) is 1.93. The summed E-state index contributed by atoms with van der Waals surface area (Å²) >= 11 is 3.23. The van der Waals surface area contributed by atoms with Crippen LogP contribution < -0.4 is 5.32 Å². The molecular formula is C13H12BrF2N3. The van der Waals surface area contributed by atoms with E-state index >= 15 is 0 Å². The molecule has 1 atom stereocenters. The van der Waals surface area contributed by atoms with Crippen molar-refractivity contribution >= 4 is 21.9 Å². The Kier molecular flexibility index (Phi) is 4.42. The van der Waals surface area contributed by atoms with E-state index in [0.29, 0.717) is 12.4 Å². The van der Waals surface area contributed by atoms with Crippen molar-refractivity contribution in [2.24, 2.45) is 0 Å². The highest BCUT2D eigenvalue weighted by Gasteiger charge is 2.15. The van der Waals surface area contributed by atoms with Gasteiger partial charge in [-0.25, -0.2) is 18.7 Å². The minimum atomic E-state index is -0.464. The van der Waals surface area contributed by atoms with Crippen LogP contribution in [0.3, 0.4) is 0 Å². The lowest BCUT2D eigenvalue weighted by atomic mass is 10.0. The lowest BCUT2D eigenvalue weighted by molar-refractivity contribution is 0.566. The van der Waals surface area contributed by atoms with Gasteiger partial charge in [0.05, 0.1) is 10.5 Å². The van der Waals surface area contributed by atoms with Crippen LogP contribution in [0.2, 0.25) is 0 Å². The number of benzene rings is 1. The molecule has 1 unspecified atom stereocenters. The van der Waals surface area contributed by atoms with E-state index in [2.05, 4.69) is 31.2 Å². The summed E-state index contributed by atoms with van der Waals surface area (Å²) in [6.45, 7) is 1.88. The molecule has 6 heteroatoms. The molecule has 100 valence electrons. The third-order valence-electron chi connectivity index (χ3n) is 2.67. The Morgan fingerprint density at radius 3 is 2.58 bits per heavy atom. The van der Waals surface area contributed by atoms with Crippen LogP contribution in [-0.2, 0) is 0 Å². The minimum Gasteiger partial charge on any atom is -0.347 e. The van der Waals surface area contributed by atoms with Gasteiger partial charge in [0, 0.05) is 18.0 Å². The van der Waals surface area contributed by atoms with Gasteiger partial charge in [0.1, 0.15) is 11.6 Å². The van der Waals surface area contributed by atoms with E-state index in [1.807, 2.05) is 6.92 Å². The fourth-order valence-electron chi connectivity index (χ4n) is 1.72. The molecule has 0 aliphatic rings. The van der Waals surface area contributed by atoms with Crippen LogP contribution in [-0.4, -0.2) is 9.97 Å². The molecule has 1 aromatic carbocycles. The maximum absolute atomic E-state index is 13.7. The molecule has 2 rings (SSSR count). The van der Waals surface area contributed by atoms with Crippen molar-refractivity contribution in [3.63, 3.8) is 0 Å². The number of anilines is 1. The molecule has 3 nitrogen and oxygen atoms in total. The number of hydrogen-bond acceptors (Lipinski definition) is 3. The maximum Gasteiger partial charge on any atom is 0.223 e. The molecule has 19 heavy (non-hydrogen) atoms. The SMILES string of the molecule is CCC(Nc1ncc(Br)cn1)c1cc(F)ccc1F. The van der Waals surface area contributed by atoms with Crippen LogP contribution in [0.1, 0.15) is 24.9 Å². The average Bonchev–Trinajstić information content (AvgIpc) is 2.41. The molecule has 2 aromatic rings. The Morgan fingerprint density at radius 2 is 1.95 bits per heavy atom. The van der Waals surface area contributed by atoms with Crippen LogP contribution in [0, 0.1) is 11.6 Å². The first kappa shape index (κ1) is 13.9. The standard InChI is InChI=1S/C13H12BrF2N3/c1-2-12(10-5-9(15)3-4-11(10)16)19-13-17-6-8(14)7-18-13/h3-7,12H,2H2,1H3,(H,17,18,19). The Balaban J connectivity index is 2.24. The second-order valence-electron chi connectivity index (χ2n) is 4.00. The molecule has 0 saturated heterocycles. The number of nitrogens with zero attached hydrogens (tertiary/aromatic N) is 2. The average molecular weight is 328 g/mol. The summed E-state index contributed by atoms with van der Waals surface area (Å²) in [6, 6.07) is 3.03. The monoisotopic (exact) mass is 327 g/mol. The Hall–Kier alpha value is -1.56. The third-order valence-corrected chi connectivity index (χ3v) is 3.07. The molecule has 0 radical (unpaired) electrons. The van der Waals surface area contributed by atoms with E-state index in [1.165, 1.54) is 6.07 Å². The van der Waals surface area contributed by atoms with Gasteiger partial charge in [-0.05, 0) is 40.5 Å². The molecule has 0 spiro atoms. The zero-order valence-corrected chi connectivity index (χ0v) is 11.8. The zero-order valence-electron chi connectivity index (χ0n) is 10.2. The Morgan fingerprint density at radius 1 is 1.26 bits per heavy atom. The Bertz CT molecular complexity index is 560. The Labute approximate surface area is 118 Å². The van der Waals surface area contributed by atoms with Crippen molar-refractivity contribution in [1.82, 2.24) is 9.97 Å². The van der Waals surface area contributed by atoms with Crippen molar-refractivity contribution in [1.29, 1.82) is 0 Å². The van der Waals surface area contributed by atoms with E-state index in [0.717, 1.165) is 16.6 Å². The molecule has 1 N–H and O–H groups in total. The van der Waals surface area contributed by atoms with Gasteiger partial charge in [-0.15, -0.1) is 0 Å². The molecular weight excluding hydrogens is 316 g/mol. The number of rotatable bonds is 4. The predicted molar refractivity (Wildman–Crippen MR) is 72.7 cm³/mol. The van der Waals surface area contributed by atoms with Crippen LogP contribution in [0.25, 0.3) is 0 Å². The van der Waals surface area contributed by atoms with Crippen molar-refractivity contribution in [2.75, 3.05) is 5.32 Å². The van der Waals surface area contributed by atoms with Crippen molar-refractivity contribution < 1.29 is 8.78 Å². The van der Waals surface area contributed by atoms with Crippen LogP contribution in [0.5, 0.6) is 0 Å².